The van der Waals surface area contributed by atoms with Crippen molar-refractivity contribution in [3.05, 3.63) is 35.4 Å². The maximum Gasteiger partial charge on any atom is 0.303 e. The van der Waals surface area contributed by atoms with Crippen molar-refractivity contribution in [3.63, 3.8) is 0 Å². The summed E-state index contributed by atoms with van der Waals surface area (Å²) in [6.45, 7) is 0.370. The van der Waals surface area contributed by atoms with Crippen molar-refractivity contribution in [2.45, 2.75) is 31.7 Å². The second-order valence-corrected chi connectivity index (χ2v) is 5.68. The average molecular weight is 315 g/mol. The van der Waals surface area contributed by atoms with Gasteiger partial charge in [0.1, 0.15) is 6.61 Å². The van der Waals surface area contributed by atoms with Crippen molar-refractivity contribution in [2.24, 2.45) is 5.92 Å². The van der Waals surface area contributed by atoms with Crippen molar-refractivity contribution >= 4 is 11.9 Å². The fourth-order valence-electron chi connectivity index (χ4n) is 2.86. The smallest absolute Gasteiger partial charge is 0.303 e. The molecule has 23 heavy (non-hydrogen) atoms. The summed E-state index contributed by atoms with van der Waals surface area (Å²) >= 11 is 0. The monoisotopic (exact) mass is 315 g/mol. The van der Waals surface area contributed by atoms with E-state index in [0.717, 1.165) is 24.8 Å². The summed E-state index contributed by atoms with van der Waals surface area (Å²) < 4.78 is 4.86. The number of aliphatic carboxylic acids is 1. The number of nitrogens with one attached hydrogen (secondary N) is 1. The van der Waals surface area contributed by atoms with E-state index in [1.165, 1.54) is 0 Å². The van der Waals surface area contributed by atoms with Gasteiger partial charge in [0.15, 0.2) is 0 Å². The van der Waals surface area contributed by atoms with E-state index in [4.69, 9.17) is 9.84 Å². The number of methoxy groups -OCH3 is 1. The van der Waals surface area contributed by atoms with E-state index in [-0.39, 0.29) is 24.3 Å². The van der Waals surface area contributed by atoms with Crippen LogP contribution in [0.2, 0.25) is 0 Å². The largest absolute Gasteiger partial charge is 0.481 e. The molecule has 1 aromatic rings. The molecule has 2 atom stereocenters. The number of amides is 1. The highest BCUT2D eigenvalue weighted by atomic mass is 16.5. The zero-order valence-electron chi connectivity index (χ0n) is 13.2. The minimum atomic E-state index is -0.810. The Kier molecular flexibility index (Phi) is 6.19. The van der Waals surface area contributed by atoms with Gasteiger partial charge in [-0.2, -0.15) is 0 Å². The van der Waals surface area contributed by atoms with Crippen LogP contribution in [0.3, 0.4) is 0 Å². The number of carbonyl (C=O) groups is 2. The van der Waals surface area contributed by atoms with Gasteiger partial charge >= 0.3 is 5.97 Å². The lowest BCUT2D eigenvalue weighted by Crippen LogP contribution is -2.38. The van der Waals surface area contributed by atoms with Gasteiger partial charge in [-0.05, 0) is 43.0 Å². The molecule has 0 aromatic heterocycles. The second kappa shape index (κ2) is 8.35. The molecule has 5 heteroatoms. The number of carbonyl (C=O) groups excluding carboxylic acids is 1. The Labute approximate surface area is 136 Å². The fourth-order valence-corrected chi connectivity index (χ4v) is 2.86. The van der Waals surface area contributed by atoms with Crippen LogP contribution in [0.1, 0.15) is 41.6 Å². The predicted octanol–water partition coefficient (Wildman–Crippen LogP) is 2.06. The number of hydrogen-bond acceptors (Lipinski definition) is 3. The number of benzene rings is 1. The summed E-state index contributed by atoms with van der Waals surface area (Å²) in [6.07, 6.45) is 2.76. The van der Waals surface area contributed by atoms with Gasteiger partial charge in [0.05, 0.1) is 6.42 Å². The van der Waals surface area contributed by atoms with Crippen molar-refractivity contribution in [2.75, 3.05) is 13.7 Å². The van der Waals surface area contributed by atoms with E-state index >= 15 is 0 Å². The van der Waals surface area contributed by atoms with Gasteiger partial charge in [-0.25, -0.2) is 0 Å². The molecule has 1 aromatic carbocycles. The van der Waals surface area contributed by atoms with Crippen LogP contribution in [-0.2, 0) is 9.53 Å². The van der Waals surface area contributed by atoms with E-state index in [9.17, 15) is 9.59 Å². The van der Waals surface area contributed by atoms with Gasteiger partial charge in [0.25, 0.3) is 5.91 Å². The predicted molar refractivity (Wildman–Crippen MR) is 86.0 cm³/mol. The first-order chi connectivity index (χ1) is 11.1. The molecule has 0 saturated heterocycles. The van der Waals surface area contributed by atoms with Crippen LogP contribution in [-0.4, -0.2) is 36.7 Å². The van der Waals surface area contributed by atoms with Crippen LogP contribution in [0.4, 0.5) is 0 Å². The molecule has 1 fully saturated rings. The highest BCUT2D eigenvalue weighted by molar-refractivity contribution is 5.94. The summed E-state index contributed by atoms with van der Waals surface area (Å²) in [5.41, 5.74) is 1.38. The molecule has 0 aliphatic heterocycles. The first kappa shape index (κ1) is 17.0. The topological polar surface area (TPSA) is 75.6 Å². The third kappa shape index (κ3) is 5.11. The molecule has 5 nitrogen and oxygen atoms in total. The van der Waals surface area contributed by atoms with Gasteiger partial charge in [-0.15, -0.1) is 0 Å². The summed E-state index contributed by atoms with van der Waals surface area (Å²) in [5, 5.41) is 11.9. The first-order valence-corrected chi connectivity index (χ1v) is 7.70. The molecule has 1 amide bonds. The molecule has 1 aliphatic rings. The van der Waals surface area contributed by atoms with Crippen LogP contribution in [0.25, 0.3) is 0 Å². The van der Waals surface area contributed by atoms with Crippen LogP contribution in [0.15, 0.2) is 24.3 Å². The molecular formula is C18H21NO4. The zero-order chi connectivity index (χ0) is 16.7. The number of hydrogen-bond donors (Lipinski definition) is 2. The standard InChI is InChI=1S/C18H21NO4/c1-23-11-3-4-13-7-9-14(10-8-13)18(22)19-16-6-2-5-15(16)12-17(20)21/h7-10,15-16H,2,5-6,11-12H2,1H3,(H,19,22)(H,20,21)/t15-,16-/m1/s1. The minimum Gasteiger partial charge on any atom is -0.481 e. The lowest BCUT2D eigenvalue weighted by atomic mass is 9.99. The molecule has 122 valence electrons. The molecular weight excluding hydrogens is 294 g/mol. The third-order valence-electron chi connectivity index (χ3n) is 4.01. The highest BCUT2D eigenvalue weighted by Gasteiger charge is 2.30. The van der Waals surface area contributed by atoms with Crippen LogP contribution in [0, 0.1) is 17.8 Å². The second-order valence-electron chi connectivity index (χ2n) is 5.68. The Morgan fingerprint density at radius 3 is 2.70 bits per heavy atom. The van der Waals surface area contributed by atoms with Crippen LogP contribution in [0.5, 0.6) is 0 Å². The Balaban J connectivity index is 1.95. The summed E-state index contributed by atoms with van der Waals surface area (Å²) in [7, 11) is 1.59. The molecule has 0 unspecified atom stereocenters. The maximum atomic E-state index is 12.3. The van der Waals surface area contributed by atoms with Crippen LogP contribution < -0.4 is 5.32 Å². The number of ether oxygens (including phenoxy) is 1. The molecule has 1 aliphatic carbocycles. The minimum absolute atomic E-state index is 0.0237. The molecule has 0 bridgehead atoms. The van der Waals surface area contributed by atoms with Gasteiger partial charge in [-0.3, -0.25) is 9.59 Å². The molecule has 2 rings (SSSR count). The Morgan fingerprint density at radius 2 is 2.04 bits per heavy atom. The van der Waals surface area contributed by atoms with Crippen molar-refractivity contribution in [3.8, 4) is 11.8 Å². The molecule has 1 saturated carbocycles. The summed E-state index contributed by atoms with van der Waals surface area (Å²) in [4.78, 5) is 23.2. The maximum absolute atomic E-state index is 12.3. The van der Waals surface area contributed by atoms with Gasteiger partial charge < -0.3 is 15.2 Å². The Hall–Kier alpha value is -2.32. The summed E-state index contributed by atoms with van der Waals surface area (Å²) in [6, 6.07) is 6.99. The summed E-state index contributed by atoms with van der Waals surface area (Å²) in [5.74, 6) is 4.85. The number of carboxylic acids is 1. The Bertz CT molecular complexity index is 612. The molecule has 0 heterocycles. The Morgan fingerprint density at radius 1 is 1.30 bits per heavy atom. The molecule has 0 spiro atoms. The lowest BCUT2D eigenvalue weighted by molar-refractivity contribution is -0.138. The lowest BCUT2D eigenvalue weighted by Gasteiger charge is -2.19. The van der Waals surface area contributed by atoms with Gasteiger partial charge in [0, 0.05) is 24.3 Å². The molecule has 2 N–H and O–H groups in total. The highest BCUT2D eigenvalue weighted by Crippen LogP contribution is 2.28. The SMILES string of the molecule is COCC#Cc1ccc(C(=O)N[C@@H]2CCC[C@@H]2CC(=O)O)cc1. The number of rotatable bonds is 5. The fraction of sp³-hybridized carbons (Fsp3) is 0.444. The molecule has 0 radical (unpaired) electrons. The van der Waals surface area contributed by atoms with Gasteiger partial charge in [-0.1, -0.05) is 18.3 Å². The van der Waals surface area contributed by atoms with Gasteiger partial charge in [0.2, 0.25) is 0 Å². The number of carboxylic acid groups (broad SMARTS) is 1. The first-order valence-electron chi connectivity index (χ1n) is 7.70. The van der Waals surface area contributed by atoms with Crippen molar-refractivity contribution in [1.82, 2.24) is 5.32 Å². The third-order valence-corrected chi connectivity index (χ3v) is 4.01. The zero-order valence-corrected chi connectivity index (χ0v) is 13.2. The van der Waals surface area contributed by atoms with E-state index in [1.54, 1.807) is 31.4 Å². The van der Waals surface area contributed by atoms with E-state index in [2.05, 4.69) is 17.2 Å². The van der Waals surface area contributed by atoms with Crippen molar-refractivity contribution in [1.29, 1.82) is 0 Å². The average Bonchev–Trinajstić information content (AvgIpc) is 2.94. The quantitative estimate of drug-likeness (QED) is 0.816. The normalized spacial score (nSPS) is 19.7. The van der Waals surface area contributed by atoms with E-state index < -0.39 is 5.97 Å². The van der Waals surface area contributed by atoms with E-state index in [0.29, 0.717) is 12.2 Å². The van der Waals surface area contributed by atoms with E-state index in [1.807, 2.05) is 0 Å². The van der Waals surface area contributed by atoms with Crippen LogP contribution >= 0.6 is 0 Å². The van der Waals surface area contributed by atoms with Crippen molar-refractivity contribution < 1.29 is 19.4 Å².